The first kappa shape index (κ1) is 13.5. The maximum absolute atomic E-state index is 11.2. The molecule has 3 N–H and O–H groups in total. The smallest absolute Gasteiger partial charge is 0.243 e. The van der Waals surface area contributed by atoms with Crippen molar-refractivity contribution in [1.82, 2.24) is 14.6 Å². The van der Waals surface area contributed by atoms with Gasteiger partial charge in [0.2, 0.25) is 16.0 Å². The number of hydrogen-bond acceptors (Lipinski definition) is 5. The molecule has 8 heteroatoms. The Morgan fingerprint density at radius 3 is 2.57 bits per heavy atom. The zero-order valence-corrected chi connectivity index (χ0v) is 11.8. The summed E-state index contributed by atoms with van der Waals surface area (Å²) < 4.78 is 24.0. The number of nitrogens with two attached hydrogens (primary N) is 1. The molecule has 2 aromatic heterocycles. The van der Waals surface area contributed by atoms with Gasteiger partial charge >= 0.3 is 0 Å². The number of hydrogen-bond donors (Lipinski definition) is 2. The minimum absolute atomic E-state index is 0.0945. The minimum Gasteiger partial charge on any atom is -0.349 e. The first-order valence-corrected chi connectivity index (χ1v) is 7.74. The zero-order chi connectivity index (χ0) is 14.9. The van der Waals surface area contributed by atoms with E-state index in [1.807, 2.05) is 24.4 Å². The topological polar surface area (TPSA) is 102 Å². The van der Waals surface area contributed by atoms with E-state index in [2.05, 4.69) is 15.4 Å². The van der Waals surface area contributed by atoms with Gasteiger partial charge in [0, 0.05) is 12.7 Å². The zero-order valence-electron chi connectivity index (χ0n) is 11.0. The Kier molecular flexibility index (Phi) is 3.32. The number of nitrogens with one attached hydrogen (secondary N) is 1. The average molecular weight is 303 g/mol. The van der Waals surface area contributed by atoms with Crippen LogP contribution in [0.2, 0.25) is 0 Å². The second kappa shape index (κ2) is 5.15. The molecule has 0 atom stereocenters. The molecule has 0 radical (unpaired) electrons. The molecular formula is C13H13N5O2S. The van der Waals surface area contributed by atoms with E-state index in [0.717, 1.165) is 11.2 Å². The molecule has 0 aliphatic rings. The number of nitrogens with zero attached hydrogens (tertiary/aromatic N) is 3. The fraction of sp³-hybridized carbons (Fsp3) is 0.0769. The molecule has 0 fully saturated rings. The van der Waals surface area contributed by atoms with Gasteiger partial charge in [-0.2, -0.15) is 4.98 Å². The normalized spacial score (nSPS) is 11.7. The molecular weight excluding hydrogens is 290 g/mol. The fourth-order valence-corrected chi connectivity index (χ4v) is 2.40. The fourth-order valence-electron chi connectivity index (χ4n) is 1.88. The van der Waals surface area contributed by atoms with Crippen LogP contribution in [-0.4, -0.2) is 23.0 Å². The predicted molar refractivity (Wildman–Crippen MR) is 78.1 cm³/mol. The number of primary sulfonamides is 1. The number of pyridine rings is 1. The van der Waals surface area contributed by atoms with Crippen LogP contribution >= 0.6 is 0 Å². The van der Waals surface area contributed by atoms with Crippen LogP contribution in [0.3, 0.4) is 0 Å². The van der Waals surface area contributed by atoms with Crippen LogP contribution in [0, 0.1) is 0 Å². The van der Waals surface area contributed by atoms with Crippen LogP contribution in [0.5, 0.6) is 0 Å². The molecule has 0 unspecified atom stereocenters. The lowest BCUT2D eigenvalue weighted by atomic mass is 10.2. The van der Waals surface area contributed by atoms with E-state index in [1.54, 1.807) is 16.6 Å². The lowest BCUT2D eigenvalue weighted by Crippen LogP contribution is -2.12. The molecule has 0 aliphatic carbocycles. The summed E-state index contributed by atoms with van der Waals surface area (Å²) in [4.78, 5) is 4.40. The predicted octanol–water partition coefficient (Wildman–Crippen LogP) is 0.989. The molecule has 0 saturated heterocycles. The van der Waals surface area contributed by atoms with Crippen LogP contribution in [0.15, 0.2) is 53.6 Å². The van der Waals surface area contributed by atoms with E-state index in [0.29, 0.717) is 12.5 Å². The van der Waals surface area contributed by atoms with Crippen molar-refractivity contribution in [3.8, 4) is 0 Å². The van der Waals surface area contributed by atoms with Gasteiger partial charge in [0.25, 0.3) is 0 Å². The van der Waals surface area contributed by atoms with E-state index in [1.165, 1.54) is 12.1 Å². The Bertz CT molecular complexity index is 838. The highest BCUT2D eigenvalue weighted by molar-refractivity contribution is 7.89. The molecule has 21 heavy (non-hydrogen) atoms. The Morgan fingerprint density at radius 2 is 1.90 bits per heavy atom. The monoisotopic (exact) mass is 303 g/mol. The van der Waals surface area contributed by atoms with Crippen LogP contribution in [0.1, 0.15) is 5.56 Å². The van der Waals surface area contributed by atoms with Crippen LogP contribution < -0.4 is 10.5 Å². The Hall–Kier alpha value is -2.45. The summed E-state index contributed by atoms with van der Waals surface area (Å²) in [5, 5.41) is 12.4. The quantitative estimate of drug-likeness (QED) is 0.748. The van der Waals surface area contributed by atoms with E-state index in [4.69, 9.17) is 5.14 Å². The number of rotatable bonds is 4. The van der Waals surface area contributed by atoms with Crippen molar-refractivity contribution in [2.24, 2.45) is 5.14 Å². The molecule has 1 aromatic carbocycles. The van der Waals surface area contributed by atoms with Gasteiger partial charge in [0.1, 0.15) is 0 Å². The highest BCUT2D eigenvalue weighted by Crippen LogP contribution is 2.11. The maximum Gasteiger partial charge on any atom is 0.243 e. The largest absolute Gasteiger partial charge is 0.349 e. The SMILES string of the molecule is NS(=O)(=O)c1ccc(CNc2nc3ccccn3n2)cc1. The van der Waals surface area contributed by atoms with Crippen LogP contribution in [0.4, 0.5) is 5.95 Å². The van der Waals surface area contributed by atoms with Crippen molar-refractivity contribution in [1.29, 1.82) is 0 Å². The number of fused-ring (bicyclic) bond motifs is 1. The Balaban J connectivity index is 1.72. The van der Waals surface area contributed by atoms with Crippen LogP contribution in [-0.2, 0) is 16.6 Å². The van der Waals surface area contributed by atoms with E-state index in [9.17, 15) is 8.42 Å². The van der Waals surface area contributed by atoms with Gasteiger partial charge in [-0.25, -0.2) is 18.1 Å². The molecule has 0 saturated carbocycles. The van der Waals surface area contributed by atoms with Gasteiger partial charge in [-0.1, -0.05) is 18.2 Å². The van der Waals surface area contributed by atoms with Crippen molar-refractivity contribution < 1.29 is 8.42 Å². The van der Waals surface area contributed by atoms with E-state index < -0.39 is 10.0 Å². The van der Waals surface area contributed by atoms with Gasteiger partial charge in [-0.3, -0.25) is 0 Å². The molecule has 0 spiro atoms. The van der Waals surface area contributed by atoms with Crippen molar-refractivity contribution in [2.75, 3.05) is 5.32 Å². The summed E-state index contributed by atoms with van der Waals surface area (Å²) in [5.41, 5.74) is 1.66. The number of benzene rings is 1. The standard InChI is InChI=1S/C13H13N5O2S/c14-21(19,20)11-6-4-10(5-7-11)9-15-13-16-12-3-1-2-8-18(12)17-13/h1-8H,9H2,(H,15,17)(H2,14,19,20). The molecule has 0 bridgehead atoms. The molecule has 2 heterocycles. The first-order valence-electron chi connectivity index (χ1n) is 6.19. The highest BCUT2D eigenvalue weighted by atomic mass is 32.2. The van der Waals surface area contributed by atoms with Gasteiger partial charge < -0.3 is 5.32 Å². The Labute approximate surface area is 121 Å². The summed E-state index contributed by atoms with van der Waals surface area (Å²) >= 11 is 0. The Morgan fingerprint density at radius 1 is 1.14 bits per heavy atom. The van der Waals surface area contributed by atoms with Crippen LogP contribution in [0.25, 0.3) is 5.65 Å². The third kappa shape index (κ3) is 3.01. The third-order valence-electron chi connectivity index (χ3n) is 2.94. The van der Waals surface area contributed by atoms with Crippen molar-refractivity contribution in [2.45, 2.75) is 11.4 Å². The second-order valence-corrected chi connectivity index (χ2v) is 6.04. The van der Waals surface area contributed by atoms with Gasteiger partial charge in [-0.15, -0.1) is 5.10 Å². The minimum atomic E-state index is -3.65. The molecule has 0 amide bonds. The first-order chi connectivity index (χ1) is 10.0. The summed E-state index contributed by atoms with van der Waals surface area (Å²) in [6, 6.07) is 12.0. The maximum atomic E-state index is 11.2. The molecule has 108 valence electrons. The lowest BCUT2D eigenvalue weighted by molar-refractivity contribution is 0.598. The van der Waals surface area contributed by atoms with Crippen molar-refractivity contribution >= 4 is 21.6 Å². The number of anilines is 1. The summed E-state index contributed by atoms with van der Waals surface area (Å²) in [6.45, 7) is 0.488. The highest BCUT2D eigenvalue weighted by Gasteiger charge is 2.07. The van der Waals surface area contributed by atoms with Crippen molar-refractivity contribution in [3.05, 3.63) is 54.2 Å². The summed E-state index contributed by atoms with van der Waals surface area (Å²) in [6.07, 6.45) is 1.81. The average Bonchev–Trinajstić information content (AvgIpc) is 2.87. The lowest BCUT2D eigenvalue weighted by Gasteiger charge is -2.03. The second-order valence-electron chi connectivity index (χ2n) is 4.48. The third-order valence-corrected chi connectivity index (χ3v) is 3.87. The van der Waals surface area contributed by atoms with Gasteiger partial charge in [0.05, 0.1) is 4.90 Å². The van der Waals surface area contributed by atoms with Gasteiger partial charge in [0.15, 0.2) is 5.65 Å². The molecule has 0 aliphatic heterocycles. The molecule has 3 aromatic rings. The summed E-state index contributed by atoms with van der Waals surface area (Å²) in [7, 11) is -3.65. The summed E-state index contributed by atoms with van der Waals surface area (Å²) in [5.74, 6) is 0.511. The van der Waals surface area contributed by atoms with Gasteiger partial charge in [-0.05, 0) is 29.8 Å². The molecule has 7 nitrogen and oxygen atoms in total. The van der Waals surface area contributed by atoms with Crippen molar-refractivity contribution in [3.63, 3.8) is 0 Å². The number of sulfonamides is 1. The molecule has 3 rings (SSSR count). The van der Waals surface area contributed by atoms with E-state index >= 15 is 0 Å². The van der Waals surface area contributed by atoms with E-state index in [-0.39, 0.29) is 4.90 Å². The number of aromatic nitrogens is 3.